The van der Waals surface area contributed by atoms with Crippen LogP contribution in [0.3, 0.4) is 0 Å². The van der Waals surface area contributed by atoms with E-state index >= 15 is 0 Å². The van der Waals surface area contributed by atoms with Crippen LogP contribution in [0.4, 0.5) is 5.82 Å². The van der Waals surface area contributed by atoms with Gasteiger partial charge in [-0.05, 0) is 25.0 Å². The van der Waals surface area contributed by atoms with E-state index in [0.29, 0.717) is 5.92 Å². The number of nitrogens with one attached hydrogen (secondary N) is 1. The number of thioether (sulfide) groups is 1. The van der Waals surface area contributed by atoms with Crippen molar-refractivity contribution in [3.05, 3.63) is 18.2 Å². The summed E-state index contributed by atoms with van der Waals surface area (Å²) in [5, 5.41) is 4.32. The molecule has 0 aromatic carbocycles. The van der Waals surface area contributed by atoms with Crippen molar-refractivity contribution >= 4 is 17.6 Å². The molecule has 1 aromatic heterocycles. The van der Waals surface area contributed by atoms with E-state index in [1.165, 1.54) is 0 Å². The van der Waals surface area contributed by atoms with Gasteiger partial charge in [-0.1, -0.05) is 19.9 Å². The molecule has 1 rings (SSSR count). The van der Waals surface area contributed by atoms with Crippen LogP contribution in [0.1, 0.15) is 20.8 Å². The Morgan fingerprint density at radius 3 is 2.86 bits per heavy atom. The highest BCUT2D eigenvalue weighted by atomic mass is 32.2. The van der Waals surface area contributed by atoms with E-state index in [9.17, 15) is 0 Å². The summed E-state index contributed by atoms with van der Waals surface area (Å²) in [7, 11) is 0. The van der Waals surface area contributed by atoms with Crippen LogP contribution in [0, 0.1) is 5.92 Å². The SMILES string of the molecule is CCNc1cccc(SCC(C)C)n1. The number of aromatic nitrogens is 1. The Labute approximate surface area is 90.5 Å². The molecule has 0 saturated carbocycles. The molecule has 0 spiro atoms. The summed E-state index contributed by atoms with van der Waals surface area (Å²) in [4.78, 5) is 4.49. The van der Waals surface area contributed by atoms with Gasteiger partial charge in [0, 0.05) is 12.3 Å². The smallest absolute Gasteiger partial charge is 0.127 e. The molecule has 1 N–H and O–H groups in total. The van der Waals surface area contributed by atoms with E-state index in [2.05, 4.69) is 37.1 Å². The number of hydrogen-bond donors (Lipinski definition) is 1. The first-order valence-electron chi connectivity index (χ1n) is 5.06. The topological polar surface area (TPSA) is 24.9 Å². The highest BCUT2D eigenvalue weighted by molar-refractivity contribution is 7.99. The number of anilines is 1. The van der Waals surface area contributed by atoms with Crippen molar-refractivity contribution in [2.24, 2.45) is 5.92 Å². The van der Waals surface area contributed by atoms with Gasteiger partial charge in [0.2, 0.25) is 0 Å². The molecule has 1 heterocycles. The van der Waals surface area contributed by atoms with E-state index in [1.54, 1.807) is 0 Å². The molecule has 0 aliphatic rings. The number of rotatable bonds is 5. The molecule has 0 unspecified atom stereocenters. The van der Waals surface area contributed by atoms with E-state index in [0.717, 1.165) is 23.1 Å². The quantitative estimate of drug-likeness (QED) is 0.755. The minimum Gasteiger partial charge on any atom is -0.370 e. The first-order valence-corrected chi connectivity index (χ1v) is 6.04. The number of hydrogen-bond acceptors (Lipinski definition) is 3. The summed E-state index contributed by atoms with van der Waals surface area (Å²) >= 11 is 1.82. The molecule has 78 valence electrons. The Hall–Kier alpha value is -0.700. The van der Waals surface area contributed by atoms with E-state index in [4.69, 9.17) is 0 Å². The van der Waals surface area contributed by atoms with Gasteiger partial charge < -0.3 is 5.32 Å². The summed E-state index contributed by atoms with van der Waals surface area (Å²) < 4.78 is 0. The van der Waals surface area contributed by atoms with Crippen LogP contribution in [0.25, 0.3) is 0 Å². The molecule has 0 bridgehead atoms. The van der Waals surface area contributed by atoms with Crippen molar-refractivity contribution in [2.45, 2.75) is 25.8 Å². The van der Waals surface area contributed by atoms with Gasteiger partial charge >= 0.3 is 0 Å². The fourth-order valence-corrected chi connectivity index (χ4v) is 1.87. The zero-order valence-electron chi connectivity index (χ0n) is 9.08. The standard InChI is InChI=1S/C11H18N2S/c1-4-12-10-6-5-7-11(13-10)14-8-9(2)3/h5-7,9H,4,8H2,1-3H3,(H,12,13). The summed E-state index contributed by atoms with van der Waals surface area (Å²) in [6, 6.07) is 6.12. The highest BCUT2D eigenvalue weighted by Gasteiger charge is 1.99. The third-order valence-electron chi connectivity index (χ3n) is 1.65. The van der Waals surface area contributed by atoms with Gasteiger partial charge in [-0.15, -0.1) is 11.8 Å². The molecule has 0 saturated heterocycles. The minimum atomic E-state index is 0.713. The molecular formula is C11H18N2S. The predicted molar refractivity (Wildman–Crippen MR) is 64.0 cm³/mol. The van der Waals surface area contributed by atoms with Crippen molar-refractivity contribution in [3.8, 4) is 0 Å². The van der Waals surface area contributed by atoms with E-state index in [1.807, 2.05) is 23.9 Å². The van der Waals surface area contributed by atoms with Gasteiger partial charge in [-0.3, -0.25) is 0 Å². The van der Waals surface area contributed by atoms with Crippen molar-refractivity contribution in [1.29, 1.82) is 0 Å². The van der Waals surface area contributed by atoms with Crippen LogP contribution in [0.5, 0.6) is 0 Å². The molecular weight excluding hydrogens is 192 g/mol. The largest absolute Gasteiger partial charge is 0.370 e. The van der Waals surface area contributed by atoms with Gasteiger partial charge in [0.1, 0.15) is 5.82 Å². The Balaban J connectivity index is 2.54. The van der Waals surface area contributed by atoms with Crippen LogP contribution >= 0.6 is 11.8 Å². The molecule has 0 amide bonds. The van der Waals surface area contributed by atoms with Crippen molar-refractivity contribution in [3.63, 3.8) is 0 Å². The Bertz CT molecular complexity index is 274. The van der Waals surface area contributed by atoms with Crippen LogP contribution in [-0.2, 0) is 0 Å². The van der Waals surface area contributed by atoms with Crippen LogP contribution in [-0.4, -0.2) is 17.3 Å². The molecule has 1 aromatic rings. The molecule has 0 aliphatic carbocycles. The van der Waals surface area contributed by atoms with Crippen molar-refractivity contribution in [2.75, 3.05) is 17.6 Å². The number of pyridine rings is 1. The lowest BCUT2D eigenvalue weighted by Crippen LogP contribution is -1.99. The third kappa shape index (κ3) is 4.01. The van der Waals surface area contributed by atoms with Crippen LogP contribution in [0.15, 0.2) is 23.2 Å². The summed E-state index contributed by atoms with van der Waals surface area (Å²) in [6.07, 6.45) is 0. The third-order valence-corrected chi connectivity index (χ3v) is 3.00. The minimum absolute atomic E-state index is 0.713. The van der Waals surface area contributed by atoms with Gasteiger partial charge in [0.15, 0.2) is 0 Å². The second-order valence-electron chi connectivity index (χ2n) is 3.60. The normalized spacial score (nSPS) is 10.6. The Morgan fingerprint density at radius 1 is 1.43 bits per heavy atom. The van der Waals surface area contributed by atoms with Crippen molar-refractivity contribution < 1.29 is 0 Å². The Morgan fingerprint density at radius 2 is 2.21 bits per heavy atom. The lowest BCUT2D eigenvalue weighted by Gasteiger charge is -2.06. The van der Waals surface area contributed by atoms with Crippen LogP contribution in [0.2, 0.25) is 0 Å². The Kier molecular flexibility index (Phi) is 4.80. The lowest BCUT2D eigenvalue weighted by molar-refractivity contribution is 0.749. The van der Waals surface area contributed by atoms with Gasteiger partial charge in [-0.25, -0.2) is 4.98 Å². The zero-order valence-corrected chi connectivity index (χ0v) is 9.90. The molecule has 3 heteroatoms. The number of nitrogens with zero attached hydrogens (tertiary/aromatic N) is 1. The second-order valence-corrected chi connectivity index (χ2v) is 4.64. The first-order chi connectivity index (χ1) is 6.72. The molecule has 0 aliphatic heterocycles. The predicted octanol–water partition coefficient (Wildman–Crippen LogP) is 3.26. The first kappa shape index (κ1) is 11.4. The summed E-state index contributed by atoms with van der Waals surface area (Å²) in [5.74, 6) is 2.81. The molecule has 0 atom stereocenters. The molecule has 14 heavy (non-hydrogen) atoms. The van der Waals surface area contributed by atoms with Gasteiger partial charge in [0.05, 0.1) is 5.03 Å². The maximum atomic E-state index is 4.49. The monoisotopic (exact) mass is 210 g/mol. The zero-order chi connectivity index (χ0) is 10.4. The molecule has 0 fully saturated rings. The van der Waals surface area contributed by atoms with Crippen molar-refractivity contribution in [1.82, 2.24) is 4.98 Å². The highest BCUT2D eigenvalue weighted by Crippen LogP contribution is 2.19. The second kappa shape index (κ2) is 5.91. The fraction of sp³-hybridized carbons (Fsp3) is 0.545. The average molecular weight is 210 g/mol. The van der Waals surface area contributed by atoms with Gasteiger partial charge in [0.25, 0.3) is 0 Å². The van der Waals surface area contributed by atoms with Crippen LogP contribution < -0.4 is 5.32 Å². The fourth-order valence-electron chi connectivity index (χ4n) is 1.03. The summed E-state index contributed by atoms with van der Waals surface area (Å²) in [5.41, 5.74) is 0. The lowest BCUT2D eigenvalue weighted by atomic mass is 10.3. The maximum absolute atomic E-state index is 4.49. The van der Waals surface area contributed by atoms with E-state index < -0.39 is 0 Å². The average Bonchev–Trinajstić information content (AvgIpc) is 2.16. The van der Waals surface area contributed by atoms with Gasteiger partial charge in [-0.2, -0.15) is 0 Å². The van der Waals surface area contributed by atoms with E-state index in [-0.39, 0.29) is 0 Å². The molecule has 0 radical (unpaired) electrons. The molecule has 2 nitrogen and oxygen atoms in total. The summed E-state index contributed by atoms with van der Waals surface area (Å²) in [6.45, 7) is 7.45. The maximum Gasteiger partial charge on any atom is 0.127 e.